The molecule has 0 radical (unpaired) electrons. The quantitative estimate of drug-likeness (QED) is 0.393. The molecule has 0 spiro atoms. The largest absolute Gasteiger partial charge is 0.317 e. The van der Waals surface area contributed by atoms with Crippen molar-refractivity contribution in [3.63, 3.8) is 0 Å². The molecule has 1 heterocycles. The number of nitrogens with zero attached hydrogens (tertiary/aromatic N) is 2. The van der Waals surface area contributed by atoms with Crippen LogP contribution in [0.5, 0.6) is 0 Å². The topological polar surface area (TPSA) is 34.4 Å². The highest BCUT2D eigenvalue weighted by Gasteiger charge is 2.09. The number of carbonyl (C=O) groups excluding carboxylic acids is 1. The zero-order valence-corrected chi connectivity index (χ0v) is 17.1. The number of amides is 1. The first-order valence-corrected chi connectivity index (χ1v) is 10.3. The number of carbonyl (C=O) groups is 1. The summed E-state index contributed by atoms with van der Waals surface area (Å²) in [7, 11) is 0. The van der Waals surface area contributed by atoms with Gasteiger partial charge < -0.3 is 4.57 Å². The average Bonchev–Trinajstić information content (AvgIpc) is 3.04. The summed E-state index contributed by atoms with van der Waals surface area (Å²) in [4.78, 5) is 17.8. The predicted molar refractivity (Wildman–Crippen MR) is 115 cm³/mol. The molecule has 4 aromatic rings. The maximum atomic E-state index is 12.7. The first kappa shape index (κ1) is 17.9. The van der Waals surface area contributed by atoms with E-state index in [9.17, 15) is 4.79 Å². The summed E-state index contributed by atoms with van der Waals surface area (Å²) in [6.45, 7) is 2.83. The molecule has 1 aromatic heterocycles. The number of aromatic nitrogens is 1. The molecule has 0 saturated heterocycles. The monoisotopic (exact) mass is 436 g/mol. The van der Waals surface area contributed by atoms with Crippen molar-refractivity contribution in [1.29, 1.82) is 0 Å². The summed E-state index contributed by atoms with van der Waals surface area (Å²) in [5.41, 5.74) is 3.91. The third-order valence-electron chi connectivity index (χ3n) is 4.40. The Morgan fingerprint density at radius 3 is 2.41 bits per heavy atom. The second-order valence-electron chi connectivity index (χ2n) is 6.10. The van der Waals surface area contributed by atoms with Gasteiger partial charge in [-0.25, -0.2) is 0 Å². The molecule has 0 aliphatic rings. The van der Waals surface area contributed by atoms with Crippen LogP contribution in [0, 0.1) is 0 Å². The van der Waals surface area contributed by atoms with Crippen molar-refractivity contribution < 1.29 is 4.79 Å². The van der Waals surface area contributed by atoms with Gasteiger partial charge in [0.25, 0.3) is 5.91 Å². The van der Waals surface area contributed by atoms with Gasteiger partial charge in [0, 0.05) is 16.6 Å². The maximum Gasteiger partial charge on any atom is 0.279 e. The Kier molecular flexibility index (Phi) is 5.05. The van der Waals surface area contributed by atoms with Gasteiger partial charge in [0.1, 0.15) is 0 Å². The lowest BCUT2D eigenvalue weighted by Crippen LogP contribution is -2.15. The zero-order valence-electron chi connectivity index (χ0n) is 14.7. The molecule has 0 aliphatic carbocycles. The Morgan fingerprint density at radius 1 is 1.00 bits per heavy atom. The van der Waals surface area contributed by atoms with E-state index >= 15 is 0 Å². The fourth-order valence-corrected chi connectivity index (χ4v) is 4.67. The van der Waals surface area contributed by atoms with E-state index in [1.165, 1.54) is 11.3 Å². The van der Waals surface area contributed by atoms with Crippen LogP contribution in [-0.2, 0) is 6.54 Å². The van der Waals surface area contributed by atoms with Crippen molar-refractivity contribution in [3.8, 4) is 11.1 Å². The molecule has 5 heteroatoms. The highest BCUT2D eigenvalue weighted by Crippen LogP contribution is 2.23. The molecule has 0 saturated carbocycles. The van der Waals surface area contributed by atoms with Crippen LogP contribution in [0.3, 0.4) is 0 Å². The van der Waals surface area contributed by atoms with Gasteiger partial charge in [-0.2, -0.15) is 4.99 Å². The molecule has 3 aromatic carbocycles. The second-order valence-corrected chi connectivity index (χ2v) is 8.03. The van der Waals surface area contributed by atoms with Crippen LogP contribution in [0.2, 0.25) is 0 Å². The minimum atomic E-state index is -0.220. The SMILES string of the molecule is CCn1c(=NC(=O)c2ccc(-c3ccccc3)cc2)sc2cc(Br)ccc21. The van der Waals surface area contributed by atoms with E-state index in [1.807, 2.05) is 48.5 Å². The van der Waals surface area contributed by atoms with E-state index in [0.29, 0.717) is 5.56 Å². The maximum absolute atomic E-state index is 12.7. The number of hydrogen-bond donors (Lipinski definition) is 0. The highest BCUT2D eigenvalue weighted by atomic mass is 79.9. The summed E-state index contributed by atoms with van der Waals surface area (Å²) in [5.74, 6) is -0.220. The average molecular weight is 437 g/mol. The van der Waals surface area contributed by atoms with E-state index in [4.69, 9.17) is 0 Å². The molecule has 0 atom stereocenters. The van der Waals surface area contributed by atoms with Gasteiger partial charge in [-0.15, -0.1) is 0 Å². The van der Waals surface area contributed by atoms with Crippen LogP contribution in [-0.4, -0.2) is 10.5 Å². The number of aryl methyl sites for hydroxylation is 1. The van der Waals surface area contributed by atoms with Crippen LogP contribution in [0.25, 0.3) is 21.3 Å². The van der Waals surface area contributed by atoms with E-state index < -0.39 is 0 Å². The van der Waals surface area contributed by atoms with Crippen LogP contribution >= 0.6 is 27.3 Å². The number of hydrogen-bond acceptors (Lipinski definition) is 2. The van der Waals surface area contributed by atoms with Crippen LogP contribution in [0.1, 0.15) is 17.3 Å². The van der Waals surface area contributed by atoms with Gasteiger partial charge in [0.05, 0.1) is 10.2 Å². The van der Waals surface area contributed by atoms with Gasteiger partial charge in [-0.05, 0) is 48.4 Å². The normalized spacial score (nSPS) is 11.9. The Bertz CT molecular complexity index is 1170. The van der Waals surface area contributed by atoms with Gasteiger partial charge in [-0.3, -0.25) is 4.79 Å². The van der Waals surface area contributed by atoms with Crippen molar-refractivity contribution in [2.45, 2.75) is 13.5 Å². The van der Waals surface area contributed by atoms with Crippen LogP contribution in [0.4, 0.5) is 0 Å². The first-order chi connectivity index (χ1) is 13.2. The molecule has 0 N–H and O–H groups in total. The molecule has 3 nitrogen and oxygen atoms in total. The van der Waals surface area contributed by atoms with Gasteiger partial charge >= 0.3 is 0 Å². The Morgan fingerprint density at radius 2 is 1.70 bits per heavy atom. The summed E-state index contributed by atoms with van der Waals surface area (Å²) in [5, 5.41) is 0. The van der Waals surface area contributed by atoms with E-state index in [1.54, 1.807) is 0 Å². The second kappa shape index (κ2) is 7.62. The molecule has 1 amide bonds. The number of rotatable bonds is 3. The van der Waals surface area contributed by atoms with Gasteiger partial charge in [0.2, 0.25) is 0 Å². The summed E-state index contributed by atoms with van der Waals surface area (Å²) < 4.78 is 4.20. The smallest absolute Gasteiger partial charge is 0.279 e. The minimum Gasteiger partial charge on any atom is -0.317 e. The number of fused-ring (bicyclic) bond motifs is 1. The lowest BCUT2D eigenvalue weighted by atomic mass is 10.0. The molecule has 0 unspecified atom stereocenters. The summed E-state index contributed by atoms with van der Waals surface area (Å²) >= 11 is 5.03. The Labute approximate surface area is 169 Å². The molecule has 0 aliphatic heterocycles. The highest BCUT2D eigenvalue weighted by molar-refractivity contribution is 9.10. The lowest BCUT2D eigenvalue weighted by molar-refractivity contribution is 0.0998. The predicted octanol–water partition coefficient (Wildman–Crippen LogP) is 5.89. The van der Waals surface area contributed by atoms with E-state index in [0.717, 1.165) is 37.2 Å². The molecular weight excluding hydrogens is 420 g/mol. The number of halogens is 1. The lowest BCUT2D eigenvalue weighted by Gasteiger charge is -2.02. The third-order valence-corrected chi connectivity index (χ3v) is 5.93. The van der Waals surface area contributed by atoms with Gasteiger partial charge in [-0.1, -0.05) is 69.7 Å². The van der Waals surface area contributed by atoms with Crippen molar-refractivity contribution in [3.05, 3.63) is 87.6 Å². The molecular formula is C22H17BrN2OS. The number of benzene rings is 3. The Balaban J connectivity index is 1.70. The molecule has 134 valence electrons. The van der Waals surface area contributed by atoms with E-state index in [-0.39, 0.29) is 5.91 Å². The molecule has 27 heavy (non-hydrogen) atoms. The Hall–Kier alpha value is -2.50. The zero-order chi connectivity index (χ0) is 18.8. The molecule has 4 rings (SSSR count). The number of thiazole rings is 1. The van der Waals surface area contributed by atoms with Gasteiger partial charge in [0.15, 0.2) is 4.80 Å². The fraction of sp³-hybridized carbons (Fsp3) is 0.0909. The standard InChI is InChI=1S/C22H17BrN2OS/c1-2-25-19-13-12-18(23)14-20(19)27-22(25)24-21(26)17-10-8-16(9-11-17)15-6-4-3-5-7-15/h3-14H,2H2,1H3. The van der Waals surface area contributed by atoms with Crippen molar-refractivity contribution in [1.82, 2.24) is 4.57 Å². The first-order valence-electron chi connectivity index (χ1n) is 8.69. The summed E-state index contributed by atoms with van der Waals surface area (Å²) in [6, 6.07) is 23.9. The van der Waals surface area contributed by atoms with Crippen LogP contribution in [0.15, 0.2) is 82.3 Å². The molecule has 0 bridgehead atoms. The van der Waals surface area contributed by atoms with E-state index in [2.05, 4.69) is 56.7 Å². The minimum absolute atomic E-state index is 0.220. The van der Waals surface area contributed by atoms with Crippen molar-refractivity contribution in [2.24, 2.45) is 4.99 Å². The third kappa shape index (κ3) is 3.66. The van der Waals surface area contributed by atoms with Crippen molar-refractivity contribution in [2.75, 3.05) is 0 Å². The van der Waals surface area contributed by atoms with Crippen LogP contribution < -0.4 is 4.80 Å². The summed E-state index contributed by atoms with van der Waals surface area (Å²) in [6.07, 6.45) is 0. The molecule has 0 fully saturated rings. The van der Waals surface area contributed by atoms with Crippen molar-refractivity contribution >= 4 is 43.4 Å². The fourth-order valence-electron chi connectivity index (χ4n) is 3.03.